The Morgan fingerprint density at radius 3 is 2.69 bits per heavy atom. The van der Waals surface area contributed by atoms with Crippen LogP contribution >= 0.6 is 12.4 Å². The zero-order valence-corrected chi connectivity index (χ0v) is 15.1. The van der Waals surface area contributed by atoms with Gasteiger partial charge in [-0.05, 0) is 19.1 Å². The lowest BCUT2D eigenvalue weighted by Gasteiger charge is -2.34. The second-order valence-corrected chi connectivity index (χ2v) is 5.42. The van der Waals surface area contributed by atoms with E-state index in [9.17, 15) is 4.79 Å². The van der Waals surface area contributed by atoms with Crippen LogP contribution in [0.2, 0.25) is 0 Å². The summed E-state index contributed by atoms with van der Waals surface area (Å²) in [5, 5.41) is 9.13. The van der Waals surface area contributed by atoms with Crippen LogP contribution in [0.3, 0.4) is 0 Å². The van der Waals surface area contributed by atoms with Crippen molar-refractivity contribution in [2.45, 2.75) is 6.92 Å². The van der Waals surface area contributed by atoms with Gasteiger partial charge in [0.2, 0.25) is 11.8 Å². The molecular weight excluding hydrogens is 356 g/mol. The molecule has 3 rings (SSSR count). The molecule has 0 unspecified atom stereocenters. The third-order valence-electron chi connectivity index (χ3n) is 3.89. The molecule has 1 fully saturated rings. The molecule has 8 nitrogen and oxygen atoms in total. The minimum absolute atomic E-state index is 0. The Morgan fingerprint density at radius 2 is 2.00 bits per heavy atom. The third-order valence-corrected chi connectivity index (χ3v) is 3.89. The number of carbonyl (C=O) groups is 1. The number of amides is 1. The van der Waals surface area contributed by atoms with Crippen LogP contribution in [0.5, 0.6) is 5.88 Å². The van der Waals surface area contributed by atoms with Gasteiger partial charge in [0, 0.05) is 44.6 Å². The van der Waals surface area contributed by atoms with E-state index >= 15 is 0 Å². The number of hydrogen-bond donors (Lipinski definition) is 0. The standard InChI is InChI=1S/C17H18N6O2.ClH/c1-2-25-14-5-7-20-17(21-14)23-10-8-22(9-11-23)16(24)15-13(12-18)4-3-6-19-15;/h3-7H,2,8-11H2,1H3;1H. The number of nitrogens with zero attached hydrogens (tertiary/aromatic N) is 6. The number of ether oxygens (including phenoxy) is 1. The Labute approximate surface area is 157 Å². The molecule has 0 spiro atoms. The number of rotatable bonds is 4. The van der Waals surface area contributed by atoms with E-state index in [1.54, 1.807) is 29.3 Å². The van der Waals surface area contributed by atoms with Gasteiger partial charge < -0.3 is 14.5 Å². The van der Waals surface area contributed by atoms with Crippen LogP contribution in [0.1, 0.15) is 23.0 Å². The fourth-order valence-electron chi connectivity index (χ4n) is 2.64. The molecule has 0 aromatic carbocycles. The number of anilines is 1. The van der Waals surface area contributed by atoms with Gasteiger partial charge in [-0.1, -0.05) is 0 Å². The molecule has 0 bridgehead atoms. The number of hydrogen-bond acceptors (Lipinski definition) is 7. The zero-order chi connectivity index (χ0) is 17.6. The molecule has 0 radical (unpaired) electrons. The summed E-state index contributed by atoms with van der Waals surface area (Å²) < 4.78 is 5.40. The molecular formula is C17H19ClN6O2. The lowest BCUT2D eigenvalue weighted by Crippen LogP contribution is -2.49. The van der Waals surface area contributed by atoms with Crippen molar-refractivity contribution in [3.8, 4) is 11.9 Å². The van der Waals surface area contributed by atoms with E-state index in [0.29, 0.717) is 50.2 Å². The average Bonchev–Trinajstić information content (AvgIpc) is 2.68. The predicted molar refractivity (Wildman–Crippen MR) is 97.5 cm³/mol. The molecule has 26 heavy (non-hydrogen) atoms. The number of aromatic nitrogens is 3. The van der Waals surface area contributed by atoms with E-state index in [1.165, 1.54) is 6.20 Å². The van der Waals surface area contributed by atoms with Gasteiger partial charge in [-0.25, -0.2) is 9.97 Å². The van der Waals surface area contributed by atoms with Crippen molar-refractivity contribution in [3.63, 3.8) is 0 Å². The molecule has 0 N–H and O–H groups in total. The lowest BCUT2D eigenvalue weighted by atomic mass is 10.2. The quantitative estimate of drug-likeness (QED) is 0.800. The second-order valence-electron chi connectivity index (χ2n) is 5.42. The Morgan fingerprint density at radius 1 is 1.23 bits per heavy atom. The maximum atomic E-state index is 12.6. The van der Waals surface area contributed by atoms with Crippen molar-refractivity contribution >= 4 is 24.3 Å². The molecule has 2 aromatic rings. The van der Waals surface area contributed by atoms with Crippen molar-refractivity contribution < 1.29 is 9.53 Å². The first kappa shape index (κ1) is 19.4. The summed E-state index contributed by atoms with van der Waals surface area (Å²) in [7, 11) is 0. The van der Waals surface area contributed by atoms with Gasteiger partial charge in [-0.3, -0.25) is 4.79 Å². The van der Waals surface area contributed by atoms with Crippen LogP contribution < -0.4 is 9.64 Å². The van der Waals surface area contributed by atoms with Gasteiger partial charge in [-0.15, -0.1) is 12.4 Å². The van der Waals surface area contributed by atoms with Crippen molar-refractivity contribution in [2.24, 2.45) is 0 Å². The Hall–Kier alpha value is -2.92. The molecule has 136 valence electrons. The highest BCUT2D eigenvalue weighted by Crippen LogP contribution is 2.16. The molecule has 1 aliphatic rings. The number of piperazine rings is 1. The van der Waals surface area contributed by atoms with Gasteiger partial charge in [-0.2, -0.15) is 10.2 Å². The molecule has 3 heterocycles. The summed E-state index contributed by atoms with van der Waals surface area (Å²) >= 11 is 0. The van der Waals surface area contributed by atoms with Crippen LogP contribution in [0, 0.1) is 11.3 Å². The van der Waals surface area contributed by atoms with Crippen LogP contribution in [0.4, 0.5) is 5.95 Å². The molecule has 2 aromatic heterocycles. The minimum atomic E-state index is -0.221. The van der Waals surface area contributed by atoms with Crippen molar-refractivity contribution in [3.05, 3.63) is 41.9 Å². The molecule has 0 saturated carbocycles. The Kier molecular flexibility index (Phi) is 6.69. The van der Waals surface area contributed by atoms with Crippen LogP contribution in [-0.4, -0.2) is 58.5 Å². The zero-order valence-electron chi connectivity index (χ0n) is 14.3. The molecule has 1 amide bonds. The molecule has 9 heteroatoms. The monoisotopic (exact) mass is 374 g/mol. The average molecular weight is 375 g/mol. The smallest absolute Gasteiger partial charge is 0.273 e. The topological polar surface area (TPSA) is 95.2 Å². The first-order valence-corrected chi connectivity index (χ1v) is 8.08. The van der Waals surface area contributed by atoms with E-state index in [-0.39, 0.29) is 24.0 Å². The number of halogens is 1. The molecule has 1 aliphatic heterocycles. The Balaban J connectivity index is 0.00000243. The summed E-state index contributed by atoms with van der Waals surface area (Å²) in [6, 6.07) is 6.98. The largest absolute Gasteiger partial charge is 0.478 e. The summed E-state index contributed by atoms with van der Waals surface area (Å²) in [5.41, 5.74) is 0.496. The fraction of sp³-hybridized carbons (Fsp3) is 0.353. The van der Waals surface area contributed by atoms with E-state index in [4.69, 9.17) is 10.00 Å². The number of carbonyl (C=O) groups excluding carboxylic acids is 1. The molecule has 1 saturated heterocycles. The first-order chi connectivity index (χ1) is 12.2. The van der Waals surface area contributed by atoms with Gasteiger partial charge in [0.05, 0.1) is 12.2 Å². The van der Waals surface area contributed by atoms with Gasteiger partial charge in [0.15, 0.2) is 0 Å². The second kappa shape index (κ2) is 8.97. The summed E-state index contributed by atoms with van der Waals surface area (Å²) in [6.07, 6.45) is 3.19. The maximum absolute atomic E-state index is 12.6. The van der Waals surface area contributed by atoms with Crippen LogP contribution in [-0.2, 0) is 0 Å². The van der Waals surface area contributed by atoms with Crippen LogP contribution in [0.15, 0.2) is 30.6 Å². The van der Waals surface area contributed by atoms with Crippen molar-refractivity contribution in [1.82, 2.24) is 19.9 Å². The number of pyridine rings is 1. The Bertz CT molecular complexity index is 802. The minimum Gasteiger partial charge on any atom is -0.478 e. The van der Waals surface area contributed by atoms with E-state index in [1.807, 2.05) is 17.9 Å². The summed E-state index contributed by atoms with van der Waals surface area (Å²) in [5.74, 6) is 0.910. The fourth-order valence-corrected chi connectivity index (χ4v) is 2.64. The van der Waals surface area contributed by atoms with Gasteiger partial charge >= 0.3 is 0 Å². The molecule has 0 atom stereocenters. The highest BCUT2D eigenvalue weighted by Gasteiger charge is 2.25. The van der Waals surface area contributed by atoms with Crippen molar-refractivity contribution in [1.29, 1.82) is 5.26 Å². The van der Waals surface area contributed by atoms with E-state index in [2.05, 4.69) is 15.0 Å². The third kappa shape index (κ3) is 4.18. The van der Waals surface area contributed by atoms with Gasteiger partial charge in [0.25, 0.3) is 5.91 Å². The summed E-state index contributed by atoms with van der Waals surface area (Å²) in [4.78, 5) is 29.0. The predicted octanol–water partition coefficient (Wildman–Crippen LogP) is 1.53. The maximum Gasteiger partial charge on any atom is 0.273 e. The normalized spacial score (nSPS) is 13.5. The van der Waals surface area contributed by atoms with Gasteiger partial charge in [0.1, 0.15) is 11.8 Å². The lowest BCUT2D eigenvalue weighted by molar-refractivity contribution is 0.0740. The summed E-state index contributed by atoms with van der Waals surface area (Å²) in [6.45, 7) is 4.69. The SMILES string of the molecule is CCOc1ccnc(N2CCN(C(=O)c3ncccc3C#N)CC2)n1.Cl. The van der Waals surface area contributed by atoms with Crippen molar-refractivity contribution in [2.75, 3.05) is 37.7 Å². The molecule has 0 aliphatic carbocycles. The number of nitriles is 1. The highest BCUT2D eigenvalue weighted by atomic mass is 35.5. The highest BCUT2D eigenvalue weighted by molar-refractivity contribution is 5.94. The first-order valence-electron chi connectivity index (χ1n) is 8.08. The van der Waals surface area contributed by atoms with E-state index in [0.717, 1.165) is 0 Å². The van der Waals surface area contributed by atoms with E-state index < -0.39 is 0 Å². The van der Waals surface area contributed by atoms with Crippen LogP contribution in [0.25, 0.3) is 0 Å².